The first-order chi connectivity index (χ1) is 13.7. The molecule has 1 aliphatic heterocycles. The van der Waals surface area contributed by atoms with Gasteiger partial charge in [-0.2, -0.15) is 5.10 Å². The number of fused-ring (bicyclic) bond motifs is 2. The van der Waals surface area contributed by atoms with Gasteiger partial charge in [-0.3, -0.25) is 9.67 Å². The molecule has 1 aromatic carbocycles. The Hall–Kier alpha value is -3.48. The molecule has 4 aromatic rings. The van der Waals surface area contributed by atoms with Crippen LogP contribution < -0.4 is 10.1 Å². The molecule has 1 atom stereocenters. The van der Waals surface area contributed by atoms with E-state index in [9.17, 15) is 0 Å². The average Bonchev–Trinajstić information content (AvgIpc) is 3.28. The lowest BCUT2D eigenvalue weighted by molar-refractivity contribution is 0.254. The van der Waals surface area contributed by atoms with E-state index in [0.29, 0.717) is 12.4 Å². The molecule has 0 amide bonds. The fraction of sp³-hybridized carbons (Fsp3) is 0.238. The normalized spacial score (nSPS) is 15.4. The van der Waals surface area contributed by atoms with E-state index < -0.39 is 0 Å². The summed E-state index contributed by atoms with van der Waals surface area (Å²) >= 11 is 0. The van der Waals surface area contributed by atoms with Crippen LogP contribution in [0.15, 0.2) is 48.9 Å². The van der Waals surface area contributed by atoms with E-state index in [2.05, 4.69) is 45.5 Å². The molecule has 1 aliphatic rings. The fourth-order valence-electron chi connectivity index (χ4n) is 3.56. The Bertz CT molecular complexity index is 1150. The minimum Gasteiger partial charge on any atom is -0.490 e. The van der Waals surface area contributed by atoms with Crippen molar-refractivity contribution in [1.82, 2.24) is 24.7 Å². The van der Waals surface area contributed by atoms with Gasteiger partial charge in [-0.25, -0.2) is 9.97 Å². The maximum atomic E-state index is 5.79. The number of nitrogens with zero attached hydrogens (tertiary/aromatic N) is 5. The highest BCUT2D eigenvalue weighted by atomic mass is 16.5. The Morgan fingerprint density at radius 2 is 2.04 bits per heavy atom. The second-order valence-corrected chi connectivity index (χ2v) is 7.07. The third-order valence-electron chi connectivity index (χ3n) is 4.95. The predicted octanol–water partition coefficient (Wildman–Crippen LogP) is 3.36. The van der Waals surface area contributed by atoms with Crippen molar-refractivity contribution in [1.29, 1.82) is 0 Å². The molecule has 7 nitrogen and oxygen atoms in total. The Morgan fingerprint density at radius 1 is 1.18 bits per heavy atom. The molecule has 5 rings (SSSR count). The summed E-state index contributed by atoms with van der Waals surface area (Å²) in [5, 5.41) is 8.72. The zero-order valence-corrected chi connectivity index (χ0v) is 15.8. The van der Waals surface area contributed by atoms with E-state index in [4.69, 9.17) is 9.72 Å². The van der Waals surface area contributed by atoms with Gasteiger partial charge >= 0.3 is 0 Å². The average molecular weight is 372 g/mol. The van der Waals surface area contributed by atoms with Crippen LogP contribution in [0.2, 0.25) is 0 Å². The fourth-order valence-corrected chi connectivity index (χ4v) is 3.56. The van der Waals surface area contributed by atoms with Crippen molar-refractivity contribution in [3.05, 3.63) is 60.0 Å². The van der Waals surface area contributed by atoms with Gasteiger partial charge < -0.3 is 10.1 Å². The molecule has 0 unspecified atom stereocenters. The first-order valence-electron chi connectivity index (χ1n) is 9.30. The van der Waals surface area contributed by atoms with Crippen molar-refractivity contribution in [3.8, 4) is 17.1 Å². The summed E-state index contributed by atoms with van der Waals surface area (Å²) < 4.78 is 7.56. The van der Waals surface area contributed by atoms with Crippen LogP contribution in [0.5, 0.6) is 5.75 Å². The molecule has 0 bridgehead atoms. The van der Waals surface area contributed by atoms with E-state index in [1.807, 2.05) is 19.2 Å². The van der Waals surface area contributed by atoms with E-state index in [1.54, 1.807) is 23.3 Å². The van der Waals surface area contributed by atoms with Gasteiger partial charge in [-0.1, -0.05) is 12.1 Å². The zero-order chi connectivity index (χ0) is 19.1. The summed E-state index contributed by atoms with van der Waals surface area (Å²) in [7, 11) is 1.89. The maximum Gasteiger partial charge on any atom is 0.164 e. The minimum absolute atomic E-state index is 0.248. The third kappa shape index (κ3) is 2.94. The SMILES string of the molecule is C[C@H]1Cc2cc(CNc3nc(-c4ccncc4)nc4c3cnn4C)ccc2O1. The Kier molecular flexibility index (Phi) is 3.93. The quantitative estimate of drug-likeness (QED) is 0.592. The topological polar surface area (TPSA) is 77.8 Å². The Labute approximate surface area is 162 Å². The van der Waals surface area contributed by atoms with E-state index >= 15 is 0 Å². The largest absolute Gasteiger partial charge is 0.490 e. The molecular formula is C21H20N6O. The Morgan fingerprint density at radius 3 is 2.89 bits per heavy atom. The van der Waals surface area contributed by atoms with Crippen LogP contribution in [0.4, 0.5) is 5.82 Å². The van der Waals surface area contributed by atoms with Crippen LogP contribution in [0.1, 0.15) is 18.1 Å². The monoisotopic (exact) mass is 372 g/mol. The van der Waals surface area contributed by atoms with Gasteiger partial charge in [0.05, 0.1) is 11.6 Å². The second kappa shape index (κ2) is 6.60. The van der Waals surface area contributed by atoms with Crippen LogP contribution in [-0.2, 0) is 20.0 Å². The molecule has 7 heteroatoms. The zero-order valence-electron chi connectivity index (χ0n) is 15.8. The van der Waals surface area contributed by atoms with Crippen molar-refractivity contribution in [2.75, 3.05) is 5.32 Å². The van der Waals surface area contributed by atoms with Gasteiger partial charge in [0.15, 0.2) is 11.5 Å². The number of benzene rings is 1. The van der Waals surface area contributed by atoms with Gasteiger partial charge in [-0.05, 0) is 36.2 Å². The first-order valence-corrected chi connectivity index (χ1v) is 9.30. The Balaban J connectivity index is 1.48. The molecule has 0 fully saturated rings. The van der Waals surface area contributed by atoms with E-state index in [-0.39, 0.29) is 6.10 Å². The summed E-state index contributed by atoms with van der Waals surface area (Å²) in [6, 6.07) is 10.2. The number of aryl methyl sites for hydroxylation is 1. The number of pyridine rings is 1. The summed E-state index contributed by atoms with van der Waals surface area (Å²) in [5.41, 5.74) is 4.17. The summed E-state index contributed by atoms with van der Waals surface area (Å²) in [6.07, 6.45) is 6.49. The van der Waals surface area contributed by atoms with Crippen molar-refractivity contribution in [3.63, 3.8) is 0 Å². The molecule has 0 saturated carbocycles. The number of hydrogen-bond acceptors (Lipinski definition) is 6. The van der Waals surface area contributed by atoms with Crippen molar-refractivity contribution < 1.29 is 4.74 Å². The predicted molar refractivity (Wildman–Crippen MR) is 107 cm³/mol. The van der Waals surface area contributed by atoms with Gasteiger partial charge in [0.25, 0.3) is 0 Å². The molecule has 140 valence electrons. The number of rotatable bonds is 4. The summed E-state index contributed by atoms with van der Waals surface area (Å²) in [4.78, 5) is 13.5. The highest BCUT2D eigenvalue weighted by Crippen LogP contribution is 2.30. The molecule has 4 heterocycles. The minimum atomic E-state index is 0.248. The van der Waals surface area contributed by atoms with Gasteiger partial charge in [0.2, 0.25) is 0 Å². The standard InChI is InChI=1S/C21H20N6O/c1-13-9-16-10-14(3-4-18(16)28-13)11-23-20-17-12-24-27(2)21(17)26-19(25-20)15-5-7-22-8-6-15/h3-8,10,12-13H,9,11H2,1-2H3,(H,23,25,26)/t13-/m0/s1. The first kappa shape index (κ1) is 16.7. The van der Waals surface area contributed by atoms with Crippen LogP contribution >= 0.6 is 0 Å². The molecule has 1 N–H and O–H groups in total. The van der Waals surface area contributed by atoms with Crippen LogP contribution in [0, 0.1) is 0 Å². The van der Waals surface area contributed by atoms with Crippen LogP contribution in [0.3, 0.4) is 0 Å². The lowest BCUT2D eigenvalue weighted by atomic mass is 10.1. The molecule has 28 heavy (non-hydrogen) atoms. The smallest absolute Gasteiger partial charge is 0.164 e. The van der Waals surface area contributed by atoms with Crippen molar-refractivity contribution >= 4 is 16.9 Å². The van der Waals surface area contributed by atoms with Crippen molar-refractivity contribution in [2.45, 2.75) is 26.0 Å². The highest BCUT2D eigenvalue weighted by molar-refractivity contribution is 5.88. The van der Waals surface area contributed by atoms with E-state index in [1.165, 1.54) is 11.1 Å². The lowest BCUT2D eigenvalue weighted by Gasteiger charge is -2.10. The molecule has 0 radical (unpaired) electrons. The summed E-state index contributed by atoms with van der Waals surface area (Å²) in [6.45, 7) is 2.76. The summed E-state index contributed by atoms with van der Waals surface area (Å²) in [5.74, 6) is 2.42. The number of ether oxygens (including phenoxy) is 1. The highest BCUT2D eigenvalue weighted by Gasteiger charge is 2.19. The van der Waals surface area contributed by atoms with Crippen molar-refractivity contribution in [2.24, 2.45) is 7.05 Å². The molecule has 3 aromatic heterocycles. The maximum absolute atomic E-state index is 5.79. The van der Waals surface area contributed by atoms with E-state index in [0.717, 1.165) is 34.6 Å². The molecular weight excluding hydrogens is 352 g/mol. The number of anilines is 1. The number of nitrogens with one attached hydrogen (secondary N) is 1. The van der Waals surface area contributed by atoms with Crippen LogP contribution in [-0.4, -0.2) is 30.8 Å². The molecule has 0 spiro atoms. The van der Waals surface area contributed by atoms with Gasteiger partial charge in [0, 0.05) is 38.0 Å². The second-order valence-electron chi connectivity index (χ2n) is 7.07. The lowest BCUT2D eigenvalue weighted by Crippen LogP contribution is -2.05. The number of hydrogen-bond donors (Lipinski definition) is 1. The van der Waals surface area contributed by atoms with Crippen LogP contribution in [0.25, 0.3) is 22.4 Å². The number of aromatic nitrogens is 5. The third-order valence-corrected chi connectivity index (χ3v) is 4.95. The molecule has 0 aliphatic carbocycles. The van der Waals surface area contributed by atoms with Gasteiger partial charge in [-0.15, -0.1) is 0 Å². The molecule has 0 saturated heterocycles. The van der Waals surface area contributed by atoms with Gasteiger partial charge in [0.1, 0.15) is 17.7 Å².